The van der Waals surface area contributed by atoms with Gasteiger partial charge < -0.3 is 5.73 Å². The molecule has 4 N–H and O–H groups in total. The topological polar surface area (TPSA) is 55.3 Å². The van der Waals surface area contributed by atoms with Crippen LogP contribution < -0.4 is 11.6 Å². The zero-order valence-electron chi connectivity index (χ0n) is 14.7. The van der Waals surface area contributed by atoms with Gasteiger partial charge in [-0.2, -0.15) is 0 Å². The summed E-state index contributed by atoms with van der Waals surface area (Å²) in [5.41, 5.74) is 6.57. The third-order valence-corrected chi connectivity index (χ3v) is 3.67. The van der Waals surface area contributed by atoms with E-state index in [4.69, 9.17) is 11.6 Å². The summed E-state index contributed by atoms with van der Waals surface area (Å²) in [6.45, 7) is 15.0. The Labute approximate surface area is 122 Å². The Kier molecular flexibility index (Phi) is 11.9. The minimum Gasteiger partial charge on any atom is -0.326 e. The fraction of sp³-hybridized carbons (Fsp3) is 1.00. The molecule has 0 amide bonds. The molecule has 0 aromatic carbocycles. The van der Waals surface area contributed by atoms with Crippen molar-refractivity contribution in [1.82, 2.24) is 5.01 Å². The summed E-state index contributed by atoms with van der Waals surface area (Å²) >= 11 is 0. The maximum absolute atomic E-state index is 6.21. The van der Waals surface area contributed by atoms with Crippen molar-refractivity contribution in [2.24, 2.45) is 22.9 Å². The summed E-state index contributed by atoms with van der Waals surface area (Å²) in [6.07, 6.45) is 4.72. The molecule has 1 aliphatic rings. The van der Waals surface area contributed by atoms with E-state index in [9.17, 15) is 0 Å². The molecule has 0 heterocycles. The van der Waals surface area contributed by atoms with Crippen LogP contribution in [-0.2, 0) is 0 Å². The predicted octanol–water partition coefficient (Wildman–Crippen LogP) is 3.78. The maximum Gasteiger partial charge on any atom is 0.0394 e. The first-order valence-corrected chi connectivity index (χ1v) is 8.05. The Hall–Kier alpha value is -0.120. The van der Waals surface area contributed by atoms with Gasteiger partial charge in [0.1, 0.15) is 0 Å². The second-order valence-electron chi connectivity index (χ2n) is 6.15. The molecule has 1 aliphatic carbocycles. The SMILES string of the molecule is CC.CC.CC1CCC(N)C(N(C)N)CC(C)(C)C1. The van der Waals surface area contributed by atoms with Gasteiger partial charge in [0.2, 0.25) is 0 Å². The minimum atomic E-state index is 0.224. The van der Waals surface area contributed by atoms with E-state index in [1.54, 1.807) is 0 Å². The van der Waals surface area contributed by atoms with Crippen molar-refractivity contribution in [3.63, 3.8) is 0 Å². The Balaban J connectivity index is 0. The largest absolute Gasteiger partial charge is 0.326 e. The van der Waals surface area contributed by atoms with Crippen LogP contribution in [0.5, 0.6) is 0 Å². The molecule has 118 valence electrons. The van der Waals surface area contributed by atoms with Crippen LogP contribution in [0, 0.1) is 11.3 Å². The highest BCUT2D eigenvalue weighted by Gasteiger charge is 2.32. The van der Waals surface area contributed by atoms with Crippen molar-refractivity contribution < 1.29 is 0 Å². The lowest BCUT2D eigenvalue weighted by molar-refractivity contribution is 0.107. The second-order valence-corrected chi connectivity index (χ2v) is 6.15. The molecule has 0 aliphatic heterocycles. The van der Waals surface area contributed by atoms with Crippen molar-refractivity contribution in [2.45, 2.75) is 86.2 Å². The van der Waals surface area contributed by atoms with Gasteiger partial charge in [0.25, 0.3) is 0 Å². The van der Waals surface area contributed by atoms with Crippen molar-refractivity contribution in [2.75, 3.05) is 7.05 Å². The lowest BCUT2D eigenvalue weighted by atomic mass is 9.73. The van der Waals surface area contributed by atoms with E-state index in [1.165, 1.54) is 12.8 Å². The van der Waals surface area contributed by atoms with Crippen molar-refractivity contribution >= 4 is 0 Å². The predicted molar refractivity (Wildman–Crippen MR) is 87.8 cm³/mol. The van der Waals surface area contributed by atoms with Crippen LogP contribution in [0.1, 0.15) is 74.1 Å². The van der Waals surface area contributed by atoms with Crippen LogP contribution in [0.25, 0.3) is 0 Å². The molecular weight excluding hydrogens is 234 g/mol. The van der Waals surface area contributed by atoms with Gasteiger partial charge in [0.05, 0.1) is 0 Å². The van der Waals surface area contributed by atoms with Crippen LogP contribution in [0.15, 0.2) is 0 Å². The average Bonchev–Trinajstić information content (AvgIpc) is 2.36. The Morgan fingerprint density at radius 1 is 1.00 bits per heavy atom. The second kappa shape index (κ2) is 10.6. The van der Waals surface area contributed by atoms with Gasteiger partial charge in [-0.15, -0.1) is 0 Å². The molecule has 3 heteroatoms. The number of nitrogens with zero attached hydrogens (tertiary/aromatic N) is 1. The number of hydrogen-bond donors (Lipinski definition) is 2. The lowest BCUT2D eigenvalue weighted by Crippen LogP contribution is -2.52. The third-order valence-electron chi connectivity index (χ3n) is 3.67. The van der Waals surface area contributed by atoms with Gasteiger partial charge >= 0.3 is 0 Å². The Morgan fingerprint density at radius 2 is 1.47 bits per heavy atom. The van der Waals surface area contributed by atoms with Crippen LogP contribution >= 0.6 is 0 Å². The zero-order valence-corrected chi connectivity index (χ0v) is 14.7. The molecule has 1 saturated carbocycles. The molecule has 0 spiro atoms. The molecule has 0 saturated heterocycles. The Morgan fingerprint density at radius 3 is 1.89 bits per heavy atom. The first-order valence-electron chi connectivity index (χ1n) is 8.05. The van der Waals surface area contributed by atoms with E-state index in [0.717, 1.165) is 18.8 Å². The van der Waals surface area contributed by atoms with Crippen molar-refractivity contribution in [3.05, 3.63) is 0 Å². The van der Waals surface area contributed by atoms with Crippen LogP contribution in [0.4, 0.5) is 0 Å². The molecule has 1 fully saturated rings. The van der Waals surface area contributed by atoms with E-state index in [-0.39, 0.29) is 6.04 Å². The quantitative estimate of drug-likeness (QED) is 0.565. The molecule has 0 aromatic rings. The average molecular weight is 274 g/mol. The number of hydrazine groups is 1. The van der Waals surface area contributed by atoms with Gasteiger partial charge in [-0.05, 0) is 37.0 Å². The Bertz CT molecular complexity index is 202. The van der Waals surface area contributed by atoms with Crippen LogP contribution in [-0.4, -0.2) is 24.1 Å². The highest BCUT2D eigenvalue weighted by Crippen LogP contribution is 2.36. The van der Waals surface area contributed by atoms with Crippen molar-refractivity contribution in [1.29, 1.82) is 0 Å². The van der Waals surface area contributed by atoms with Gasteiger partial charge in [-0.25, -0.2) is 5.01 Å². The number of likely N-dealkylation sites (N-methyl/N-ethyl adjacent to an activating group) is 1. The van der Waals surface area contributed by atoms with Crippen LogP contribution in [0.3, 0.4) is 0 Å². The summed E-state index contributed by atoms with van der Waals surface area (Å²) in [4.78, 5) is 0. The summed E-state index contributed by atoms with van der Waals surface area (Å²) in [6, 6.07) is 0.550. The molecule has 3 unspecified atom stereocenters. The summed E-state index contributed by atoms with van der Waals surface area (Å²) < 4.78 is 0. The molecule has 0 radical (unpaired) electrons. The molecule has 3 nitrogen and oxygen atoms in total. The monoisotopic (exact) mass is 273 g/mol. The first kappa shape index (κ1) is 21.2. The number of nitrogens with two attached hydrogens (primary N) is 2. The maximum atomic E-state index is 6.21. The van der Waals surface area contributed by atoms with Crippen LogP contribution in [0.2, 0.25) is 0 Å². The first-order chi connectivity index (χ1) is 8.82. The van der Waals surface area contributed by atoms with Crippen molar-refractivity contribution in [3.8, 4) is 0 Å². The van der Waals surface area contributed by atoms with E-state index in [2.05, 4.69) is 20.8 Å². The van der Waals surface area contributed by atoms with E-state index in [1.807, 2.05) is 39.8 Å². The molecule has 19 heavy (non-hydrogen) atoms. The fourth-order valence-electron chi connectivity index (χ4n) is 2.96. The molecule has 1 rings (SSSR count). The molecular formula is C16H39N3. The van der Waals surface area contributed by atoms with E-state index in [0.29, 0.717) is 11.5 Å². The molecule has 0 bridgehead atoms. The highest BCUT2D eigenvalue weighted by atomic mass is 15.4. The fourth-order valence-corrected chi connectivity index (χ4v) is 2.96. The van der Waals surface area contributed by atoms with Gasteiger partial charge in [0.15, 0.2) is 0 Å². The highest BCUT2D eigenvalue weighted by molar-refractivity contribution is 4.88. The summed E-state index contributed by atoms with van der Waals surface area (Å²) in [5.74, 6) is 6.67. The van der Waals surface area contributed by atoms with E-state index < -0.39 is 0 Å². The number of hydrogen-bond acceptors (Lipinski definition) is 3. The lowest BCUT2D eigenvalue weighted by Gasteiger charge is -2.40. The molecule has 3 atom stereocenters. The summed E-state index contributed by atoms with van der Waals surface area (Å²) in [5, 5.41) is 1.81. The van der Waals surface area contributed by atoms with E-state index >= 15 is 0 Å². The smallest absolute Gasteiger partial charge is 0.0394 e. The van der Waals surface area contributed by atoms with Gasteiger partial charge in [-0.3, -0.25) is 5.84 Å². The van der Waals surface area contributed by atoms with Gasteiger partial charge in [-0.1, -0.05) is 48.5 Å². The number of rotatable bonds is 1. The summed E-state index contributed by atoms with van der Waals surface area (Å²) in [7, 11) is 1.94. The normalized spacial score (nSPS) is 30.2. The minimum absolute atomic E-state index is 0.224. The van der Waals surface area contributed by atoms with Gasteiger partial charge in [0, 0.05) is 19.1 Å². The zero-order chi connectivity index (χ0) is 15.6. The standard InChI is InChI=1S/C12H27N3.2C2H6/c1-9-5-6-10(13)11(15(4)14)8-12(2,3)7-9;2*1-2/h9-11H,5-8,13-14H2,1-4H3;2*1-2H3. The third kappa shape index (κ3) is 8.61. The molecule has 0 aromatic heterocycles.